The molecule has 9 aromatic rings. The van der Waals surface area contributed by atoms with Crippen LogP contribution in [0.4, 0.5) is 34.1 Å². The van der Waals surface area contributed by atoms with E-state index >= 15 is 0 Å². The number of anilines is 6. The maximum Gasteiger partial charge on any atom is 0.0715 e. The van der Waals surface area contributed by atoms with E-state index in [9.17, 15) is 0 Å². The number of para-hydroxylation sites is 2. The maximum absolute atomic E-state index is 6.50. The van der Waals surface area contributed by atoms with Gasteiger partial charge in [0.2, 0.25) is 0 Å². The molecule has 0 aliphatic heterocycles. The lowest BCUT2D eigenvalue weighted by atomic mass is 9.89. The van der Waals surface area contributed by atoms with Crippen molar-refractivity contribution < 1.29 is 0 Å². The van der Waals surface area contributed by atoms with E-state index in [1.54, 1.807) is 0 Å². The highest BCUT2D eigenvalue weighted by atomic mass is 35.5. The van der Waals surface area contributed by atoms with E-state index in [2.05, 4.69) is 195 Å². The fraction of sp³-hybridized carbons (Fsp3) is 0.125. The van der Waals surface area contributed by atoms with Crippen molar-refractivity contribution in [3.05, 3.63) is 219 Å². The summed E-state index contributed by atoms with van der Waals surface area (Å²) in [6, 6.07) is 61.8. The Kier molecular flexibility index (Phi) is 9.70. The number of aryl methyl sites for hydroxylation is 6. The topological polar surface area (TPSA) is 19.4 Å². The van der Waals surface area contributed by atoms with Crippen LogP contribution in [0.5, 0.6) is 0 Å². The van der Waals surface area contributed by atoms with Crippen LogP contribution >= 0.6 is 11.6 Å². The van der Waals surface area contributed by atoms with Crippen LogP contribution in [0.2, 0.25) is 5.02 Å². The molecule has 3 nitrogen and oxygen atoms in total. The van der Waals surface area contributed by atoms with Crippen molar-refractivity contribution in [1.29, 1.82) is 0 Å². The van der Waals surface area contributed by atoms with Gasteiger partial charge in [0.1, 0.15) is 0 Å². The highest BCUT2D eigenvalue weighted by Crippen LogP contribution is 2.44. The first-order valence-electron chi connectivity index (χ1n) is 20.9. The molecular formula is C56H46ClN3. The number of hydrogen-bond acceptors (Lipinski definition) is 3. The van der Waals surface area contributed by atoms with Crippen LogP contribution in [0.3, 0.4) is 0 Å². The number of fused-ring (bicyclic) bond motifs is 4. The molecule has 4 heteroatoms. The molecule has 0 amide bonds. The molecule has 0 fully saturated rings. The summed E-state index contributed by atoms with van der Waals surface area (Å²) in [5.74, 6) is 0. The van der Waals surface area contributed by atoms with Crippen LogP contribution < -0.4 is 9.80 Å². The van der Waals surface area contributed by atoms with Gasteiger partial charge in [-0.15, -0.1) is 0 Å². The zero-order valence-electron chi connectivity index (χ0n) is 34.5. The molecule has 0 unspecified atom stereocenters. The van der Waals surface area contributed by atoms with Gasteiger partial charge in [0.25, 0.3) is 0 Å². The van der Waals surface area contributed by atoms with Crippen molar-refractivity contribution in [3.63, 3.8) is 0 Å². The number of hydrogen-bond donors (Lipinski definition) is 0. The van der Waals surface area contributed by atoms with Gasteiger partial charge in [-0.05, 0) is 183 Å². The number of pyridine rings is 1. The van der Waals surface area contributed by atoms with Crippen molar-refractivity contribution in [2.45, 2.75) is 47.0 Å². The third kappa shape index (κ3) is 6.99. The minimum absolute atomic E-state index is 0.720. The van der Waals surface area contributed by atoms with E-state index in [-0.39, 0.29) is 0 Å². The van der Waals surface area contributed by atoms with E-state index in [4.69, 9.17) is 16.6 Å². The SMILES string of the molecule is Cc1ccc(N(c2ccc(C)cc2)c2ccc3c(c2)Cc2cc(N(c4ccc(Cl)cc4)c4cc(C)c(-c5c6ccccc6nc6ccccc56)c(C)c4)ccc2CC3)cc1. The van der Waals surface area contributed by atoms with Crippen molar-refractivity contribution in [2.75, 3.05) is 9.80 Å². The molecule has 10 rings (SSSR count). The summed E-state index contributed by atoms with van der Waals surface area (Å²) >= 11 is 6.50. The molecule has 1 aliphatic rings. The van der Waals surface area contributed by atoms with Gasteiger partial charge in [-0.3, -0.25) is 0 Å². The van der Waals surface area contributed by atoms with E-state index in [1.807, 2.05) is 12.1 Å². The Hall–Kier alpha value is -6.68. The summed E-state index contributed by atoms with van der Waals surface area (Å²) in [6.45, 7) is 8.78. The summed E-state index contributed by atoms with van der Waals surface area (Å²) < 4.78 is 0. The van der Waals surface area contributed by atoms with E-state index < -0.39 is 0 Å². The van der Waals surface area contributed by atoms with Gasteiger partial charge in [0, 0.05) is 55.5 Å². The lowest BCUT2D eigenvalue weighted by molar-refractivity contribution is 0.964. The Balaban J connectivity index is 1.07. The quantitative estimate of drug-likeness (QED) is 0.150. The average Bonchev–Trinajstić information content (AvgIpc) is 3.44. The zero-order valence-corrected chi connectivity index (χ0v) is 35.3. The first-order chi connectivity index (χ1) is 29.3. The van der Waals surface area contributed by atoms with Crippen LogP contribution in [0, 0.1) is 27.7 Å². The molecule has 1 aromatic heterocycles. The normalized spacial score (nSPS) is 12.2. The molecule has 0 radical (unpaired) electrons. The van der Waals surface area contributed by atoms with E-state index in [0.29, 0.717) is 0 Å². The predicted octanol–water partition coefficient (Wildman–Crippen LogP) is 15.6. The Morgan fingerprint density at radius 3 is 1.30 bits per heavy atom. The molecule has 1 aliphatic carbocycles. The second kappa shape index (κ2) is 15.5. The summed E-state index contributed by atoms with van der Waals surface area (Å²) in [5.41, 5.74) is 21.8. The van der Waals surface area contributed by atoms with Crippen LogP contribution in [-0.4, -0.2) is 4.98 Å². The molecule has 1 heterocycles. The standard InChI is InChI=1S/C56H46ClN3/c1-36-13-23-45(24-14-36)59(46-25-15-37(2)16-26-46)48-27-19-40-17-18-41-20-28-49(35-43(41)33-42(40)34-48)60(47-29-21-44(57)22-30-47)50-31-38(3)55(39(4)32-50)56-51-9-5-7-11-53(51)58-54-12-8-6-10-52(54)56/h5-16,19-32,34-35H,17-18,33H2,1-4H3. The van der Waals surface area contributed by atoms with Gasteiger partial charge in [-0.1, -0.05) is 95.5 Å². The number of nitrogens with zero attached hydrogens (tertiary/aromatic N) is 3. The molecular weight excluding hydrogens is 750 g/mol. The van der Waals surface area contributed by atoms with E-state index in [1.165, 1.54) is 72.1 Å². The van der Waals surface area contributed by atoms with E-state index in [0.717, 1.165) is 63.8 Å². The largest absolute Gasteiger partial charge is 0.310 e. The molecule has 8 aromatic carbocycles. The summed E-state index contributed by atoms with van der Waals surface area (Å²) in [4.78, 5) is 9.81. The van der Waals surface area contributed by atoms with Crippen molar-refractivity contribution in [3.8, 4) is 11.1 Å². The molecule has 292 valence electrons. The van der Waals surface area contributed by atoms with Crippen LogP contribution in [0.15, 0.2) is 170 Å². The smallest absolute Gasteiger partial charge is 0.0715 e. The Bertz CT molecular complexity index is 2940. The minimum Gasteiger partial charge on any atom is -0.310 e. The number of halogens is 1. The maximum atomic E-state index is 6.50. The summed E-state index contributed by atoms with van der Waals surface area (Å²) in [6.07, 6.45) is 2.87. The molecule has 0 atom stereocenters. The highest BCUT2D eigenvalue weighted by Gasteiger charge is 2.22. The lowest BCUT2D eigenvalue weighted by Crippen LogP contribution is -2.12. The fourth-order valence-corrected chi connectivity index (χ4v) is 9.37. The predicted molar refractivity (Wildman–Crippen MR) is 255 cm³/mol. The van der Waals surface area contributed by atoms with Crippen LogP contribution in [0.1, 0.15) is 44.5 Å². The molecule has 60 heavy (non-hydrogen) atoms. The third-order valence-electron chi connectivity index (χ3n) is 12.2. The number of rotatable bonds is 7. The second-order valence-corrected chi connectivity index (χ2v) is 16.8. The Morgan fingerprint density at radius 1 is 0.400 bits per heavy atom. The first-order valence-corrected chi connectivity index (χ1v) is 21.3. The molecule has 0 spiro atoms. The van der Waals surface area contributed by atoms with Crippen molar-refractivity contribution >= 4 is 67.5 Å². The summed E-state index contributed by atoms with van der Waals surface area (Å²) in [7, 11) is 0. The second-order valence-electron chi connectivity index (χ2n) is 16.4. The lowest BCUT2D eigenvalue weighted by Gasteiger charge is -2.28. The van der Waals surface area contributed by atoms with Crippen LogP contribution in [0.25, 0.3) is 32.9 Å². The Morgan fingerprint density at radius 2 is 0.817 bits per heavy atom. The fourth-order valence-electron chi connectivity index (χ4n) is 9.24. The van der Waals surface area contributed by atoms with Gasteiger partial charge in [0.15, 0.2) is 0 Å². The molecule has 0 bridgehead atoms. The first kappa shape index (κ1) is 37.6. The molecule has 0 N–H and O–H groups in total. The number of aromatic nitrogens is 1. The molecule has 0 saturated heterocycles. The monoisotopic (exact) mass is 795 g/mol. The van der Waals surface area contributed by atoms with Gasteiger partial charge >= 0.3 is 0 Å². The highest BCUT2D eigenvalue weighted by molar-refractivity contribution is 6.30. The summed E-state index contributed by atoms with van der Waals surface area (Å²) in [5, 5.41) is 3.05. The third-order valence-corrected chi connectivity index (χ3v) is 12.5. The van der Waals surface area contributed by atoms with Gasteiger partial charge in [-0.2, -0.15) is 0 Å². The Labute approximate surface area is 358 Å². The minimum atomic E-state index is 0.720. The van der Waals surface area contributed by atoms with Gasteiger partial charge in [0.05, 0.1) is 11.0 Å². The van der Waals surface area contributed by atoms with Crippen LogP contribution in [-0.2, 0) is 19.3 Å². The van der Waals surface area contributed by atoms with Gasteiger partial charge < -0.3 is 9.80 Å². The van der Waals surface area contributed by atoms with Crippen molar-refractivity contribution in [1.82, 2.24) is 4.98 Å². The average molecular weight is 796 g/mol. The zero-order chi connectivity index (χ0) is 40.9. The van der Waals surface area contributed by atoms with Gasteiger partial charge in [-0.25, -0.2) is 4.98 Å². The number of benzene rings is 8. The molecule has 0 saturated carbocycles. The van der Waals surface area contributed by atoms with Crippen molar-refractivity contribution in [2.24, 2.45) is 0 Å².